The van der Waals surface area contributed by atoms with Crippen molar-refractivity contribution in [1.82, 2.24) is 0 Å². The number of nitro groups is 1. The Labute approximate surface area is 103 Å². The smallest absolute Gasteiger partial charge is 0.409 e. The van der Waals surface area contributed by atoms with Crippen LogP contribution in [0.5, 0.6) is 0 Å². The number of halogens is 1. The van der Waals surface area contributed by atoms with Crippen LogP contribution in [0.2, 0.25) is 0 Å². The maximum atomic E-state index is 10.7. The van der Waals surface area contributed by atoms with Crippen molar-refractivity contribution >= 4 is 40.1 Å². The van der Waals surface area contributed by atoms with Crippen LogP contribution in [0.15, 0.2) is 12.1 Å². The van der Waals surface area contributed by atoms with E-state index in [-0.39, 0.29) is 18.0 Å². The molecule has 0 saturated carbocycles. The Morgan fingerprint density at radius 3 is 2.62 bits per heavy atom. The molecule has 0 aromatic heterocycles. The maximum Gasteiger partial charge on any atom is 0.409 e. The summed E-state index contributed by atoms with van der Waals surface area (Å²) < 4.78 is 0.503. The van der Waals surface area contributed by atoms with Crippen LogP contribution in [0.4, 0.5) is 16.2 Å². The lowest BCUT2D eigenvalue weighted by Gasteiger charge is -2.06. The summed E-state index contributed by atoms with van der Waals surface area (Å²) in [5.74, 6) is 0. The third kappa shape index (κ3) is 2.79. The molecule has 1 aromatic rings. The van der Waals surface area contributed by atoms with Gasteiger partial charge in [-0.2, -0.15) is 0 Å². The number of aliphatic hydroxyl groups is 1. The number of amides is 1. The molecule has 3 N–H and O–H groups in total. The Kier molecular flexibility index (Phi) is 4.01. The lowest BCUT2D eigenvalue weighted by atomic mass is 10.2. The second kappa shape index (κ2) is 5.07. The molecular weight excluding hydrogens is 331 g/mol. The molecule has 1 aromatic carbocycles. The molecule has 0 bridgehead atoms. The van der Waals surface area contributed by atoms with Crippen molar-refractivity contribution in [3.63, 3.8) is 0 Å². The van der Waals surface area contributed by atoms with E-state index in [1.165, 1.54) is 12.1 Å². The Morgan fingerprint density at radius 2 is 2.19 bits per heavy atom. The van der Waals surface area contributed by atoms with Gasteiger partial charge in [-0.05, 0) is 34.2 Å². The second-order valence-corrected chi connectivity index (χ2v) is 3.97. The minimum atomic E-state index is -1.40. The molecule has 0 aliphatic carbocycles. The van der Waals surface area contributed by atoms with E-state index in [2.05, 4.69) is 0 Å². The van der Waals surface area contributed by atoms with Crippen molar-refractivity contribution in [2.45, 2.75) is 6.61 Å². The highest BCUT2D eigenvalue weighted by molar-refractivity contribution is 14.1. The van der Waals surface area contributed by atoms with E-state index >= 15 is 0 Å². The fourth-order valence-corrected chi connectivity index (χ4v) is 1.72. The first-order valence-corrected chi connectivity index (χ1v) is 5.11. The number of rotatable bonds is 3. The van der Waals surface area contributed by atoms with Crippen LogP contribution in [0, 0.1) is 13.7 Å². The highest BCUT2D eigenvalue weighted by Gasteiger charge is 2.18. The third-order valence-corrected chi connectivity index (χ3v) is 2.78. The van der Waals surface area contributed by atoms with Gasteiger partial charge in [0.2, 0.25) is 0 Å². The van der Waals surface area contributed by atoms with Crippen molar-refractivity contribution < 1.29 is 19.9 Å². The maximum absolute atomic E-state index is 10.7. The standard InChI is InChI=1S/C8H7IN2O5/c9-5-2-7(11(15)16)6(10-8(13)14)1-4(5)3-12/h1-2,10,12H,3H2,(H,13,14). The van der Waals surface area contributed by atoms with E-state index in [0.29, 0.717) is 9.13 Å². The fourth-order valence-electron chi connectivity index (χ4n) is 1.10. The van der Waals surface area contributed by atoms with Crippen LogP contribution in [-0.2, 0) is 6.61 Å². The quantitative estimate of drug-likeness (QED) is 0.442. The molecule has 0 fully saturated rings. The second-order valence-electron chi connectivity index (χ2n) is 2.81. The van der Waals surface area contributed by atoms with Crippen LogP contribution in [0.25, 0.3) is 0 Å². The fraction of sp³-hybridized carbons (Fsp3) is 0.125. The predicted molar refractivity (Wildman–Crippen MR) is 63.4 cm³/mol. The number of nitro benzene ring substituents is 1. The molecule has 0 radical (unpaired) electrons. The lowest BCUT2D eigenvalue weighted by Crippen LogP contribution is -2.10. The van der Waals surface area contributed by atoms with Gasteiger partial charge in [-0.1, -0.05) is 0 Å². The molecule has 0 heterocycles. The first-order valence-electron chi connectivity index (χ1n) is 4.03. The monoisotopic (exact) mass is 338 g/mol. The summed E-state index contributed by atoms with van der Waals surface area (Å²) in [4.78, 5) is 20.4. The van der Waals surface area contributed by atoms with Gasteiger partial charge in [0.1, 0.15) is 5.69 Å². The highest BCUT2D eigenvalue weighted by Crippen LogP contribution is 2.29. The van der Waals surface area contributed by atoms with Crippen LogP contribution in [0.1, 0.15) is 5.56 Å². The Morgan fingerprint density at radius 1 is 1.56 bits per heavy atom. The van der Waals surface area contributed by atoms with Crippen LogP contribution >= 0.6 is 22.6 Å². The minimum absolute atomic E-state index is 0.151. The van der Waals surface area contributed by atoms with Gasteiger partial charge in [-0.25, -0.2) is 4.79 Å². The zero-order chi connectivity index (χ0) is 12.3. The summed E-state index contributed by atoms with van der Waals surface area (Å²) in [7, 11) is 0. The van der Waals surface area contributed by atoms with E-state index in [4.69, 9.17) is 10.2 Å². The summed E-state index contributed by atoms with van der Waals surface area (Å²) in [6, 6.07) is 2.45. The summed E-state index contributed by atoms with van der Waals surface area (Å²) in [6.07, 6.45) is -1.40. The van der Waals surface area contributed by atoms with Gasteiger partial charge in [0.15, 0.2) is 0 Å². The van der Waals surface area contributed by atoms with E-state index in [1.54, 1.807) is 0 Å². The molecule has 0 saturated heterocycles. The molecule has 0 unspecified atom stereocenters. The molecule has 0 atom stereocenters. The molecular formula is C8H7IN2O5. The van der Waals surface area contributed by atoms with E-state index in [9.17, 15) is 14.9 Å². The van der Waals surface area contributed by atoms with Crippen LogP contribution in [-0.4, -0.2) is 21.2 Å². The van der Waals surface area contributed by atoms with Gasteiger partial charge in [-0.3, -0.25) is 15.4 Å². The van der Waals surface area contributed by atoms with Gasteiger partial charge in [-0.15, -0.1) is 0 Å². The largest absolute Gasteiger partial charge is 0.465 e. The Hall–Kier alpha value is -1.42. The van der Waals surface area contributed by atoms with Gasteiger partial charge < -0.3 is 10.2 Å². The number of carbonyl (C=O) groups is 1. The molecule has 1 amide bonds. The molecule has 0 aliphatic heterocycles. The lowest BCUT2D eigenvalue weighted by molar-refractivity contribution is -0.384. The molecule has 8 heteroatoms. The highest BCUT2D eigenvalue weighted by atomic mass is 127. The van der Waals surface area contributed by atoms with Crippen molar-refractivity contribution in [3.8, 4) is 0 Å². The molecule has 0 aliphatic rings. The van der Waals surface area contributed by atoms with Crippen molar-refractivity contribution in [3.05, 3.63) is 31.4 Å². The van der Waals surface area contributed by atoms with Gasteiger partial charge in [0, 0.05) is 9.64 Å². The van der Waals surface area contributed by atoms with Gasteiger partial charge in [0.25, 0.3) is 5.69 Å². The van der Waals surface area contributed by atoms with E-state index in [0.717, 1.165) is 0 Å². The number of benzene rings is 1. The van der Waals surface area contributed by atoms with Crippen LogP contribution < -0.4 is 5.32 Å². The predicted octanol–water partition coefficient (Wildman–Crippen LogP) is 1.78. The molecule has 0 spiro atoms. The normalized spacial score (nSPS) is 9.88. The third-order valence-electron chi connectivity index (χ3n) is 1.77. The number of nitrogens with zero attached hydrogens (tertiary/aromatic N) is 1. The van der Waals surface area contributed by atoms with Crippen molar-refractivity contribution in [2.75, 3.05) is 5.32 Å². The average molecular weight is 338 g/mol. The molecule has 16 heavy (non-hydrogen) atoms. The number of nitrogens with one attached hydrogen (secondary N) is 1. The molecule has 1 rings (SSSR count). The summed E-state index contributed by atoms with van der Waals surface area (Å²) in [6.45, 7) is -0.315. The van der Waals surface area contributed by atoms with E-state index in [1.807, 2.05) is 27.9 Å². The van der Waals surface area contributed by atoms with Gasteiger partial charge >= 0.3 is 6.09 Å². The van der Waals surface area contributed by atoms with Crippen molar-refractivity contribution in [2.24, 2.45) is 0 Å². The molecule has 7 nitrogen and oxygen atoms in total. The van der Waals surface area contributed by atoms with Gasteiger partial charge in [0.05, 0.1) is 11.5 Å². The first-order chi connectivity index (χ1) is 7.45. The number of aliphatic hydroxyl groups excluding tert-OH is 1. The van der Waals surface area contributed by atoms with E-state index < -0.39 is 11.0 Å². The number of hydrogen-bond acceptors (Lipinski definition) is 4. The SMILES string of the molecule is O=C(O)Nc1cc(CO)c(I)cc1[N+](=O)[O-]. The Balaban J connectivity index is 3.30. The number of hydrogen-bond donors (Lipinski definition) is 3. The zero-order valence-corrected chi connectivity index (χ0v) is 9.96. The van der Waals surface area contributed by atoms with Crippen molar-refractivity contribution in [1.29, 1.82) is 0 Å². The van der Waals surface area contributed by atoms with Crippen LogP contribution in [0.3, 0.4) is 0 Å². The minimum Gasteiger partial charge on any atom is -0.465 e. The zero-order valence-electron chi connectivity index (χ0n) is 7.81. The Bertz CT molecular complexity index is 448. The number of anilines is 1. The molecule has 86 valence electrons. The first kappa shape index (κ1) is 12.6. The number of carboxylic acid groups (broad SMARTS) is 1. The summed E-state index contributed by atoms with van der Waals surface area (Å²) >= 11 is 1.83. The average Bonchev–Trinajstić information content (AvgIpc) is 2.19. The summed E-state index contributed by atoms with van der Waals surface area (Å²) in [5.41, 5.74) is -0.0686. The topological polar surface area (TPSA) is 113 Å². The summed E-state index contributed by atoms with van der Waals surface area (Å²) in [5, 5.41) is 30.0.